The number of hydrogen-bond acceptors (Lipinski definition) is 5. The minimum Gasteiger partial charge on any atom is -0.481 e. The second-order valence-electron chi connectivity index (χ2n) is 2.71. The lowest BCUT2D eigenvalue weighted by Gasteiger charge is -1.88. The molecule has 0 fully saturated rings. The monoisotopic (exact) mass is 209 g/mol. The molecule has 2 aromatic heterocycles. The molecule has 2 rings (SSSR count). The van der Waals surface area contributed by atoms with E-state index in [0.717, 1.165) is 15.4 Å². The van der Waals surface area contributed by atoms with E-state index in [4.69, 9.17) is 5.11 Å². The fraction of sp³-hybridized carbons (Fsp3) is 0.250. The Bertz CT molecular complexity index is 435. The lowest BCUT2D eigenvalue weighted by molar-refractivity contribution is -0.136. The second kappa shape index (κ2) is 3.67. The van der Waals surface area contributed by atoms with Crippen molar-refractivity contribution in [3.63, 3.8) is 0 Å². The van der Waals surface area contributed by atoms with Crippen LogP contribution in [0.3, 0.4) is 0 Å². The fourth-order valence-electron chi connectivity index (χ4n) is 1.06. The molecule has 0 saturated carbocycles. The van der Waals surface area contributed by atoms with Crippen LogP contribution in [-0.2, 0) is 11.2 Å². The van der Waals surface area contributed by atoms with Crippen LogP contribution in [0.5, 0.6) is 0 Å². The van der Waals surface area contributed by atoms with E-state index < -0.39 is 5.97 Å². The van der Waals surface area contributed by atoms with Crippen molar-refractivity contribution in [2.24, 2.45) is 0 Å². The van der Waals surface area contributed by atoms with Gasteiger partial charge in [0.2, 0.25) is 0 Å². The quantitative estimate of drug-likeness (QED) is 0.819. The number of carboxylic acids is 1. The third kappa shape index (κ3) is 1.85. The smallest absolute Gasteiger partial charge is 0.303 e. The predicted molar refractivity (Wildman–Crippen MR) is 51.2 cm³/mol. The third-order valence-corrected chi connectivity index (χ3v) is 2.71. The summed E-state index contributed by atoms with van der Waals surface area (Å²) in [6.45, 7) is 0. The van der Waals surface area contributed by atoms with Crippen LogP contribution >= 0.6 is 11.3 Å². The van der Waals surface area contributed by atoms with E-state index in [9.17, 15) is 4.79 Å². The third-order valence-electron chi connectivity index (χ3n) is 1.67. The molecule has 0 aliphatic rings. The topological polar surface area (TPSA) is 76.0 Å². The van der Waals surface area contributed by atoms with E-state index in [1.807, 2.05) is 0 Å². The Balaban J connectivity index is 2.22. The van der Waals surface area contributed by atoms with Gasteiger partial charge in [-0.3, -0.25) is 4.79 Å². The largest absolute Gasteiger partial charge is 0.481 e. The van der Waals surface area contributed by atoms with Gasteiger partial charge in [0, 0.05) is 6.42 Å². The van der Waals surface area contributed by atoms with Crippen LogP contribution < -0.4 is 0 Å². The summed E-state index contributed by atoms with van der Waals surface area (Å²) in [7, 11) is 0. The van der Waals surface area contributed by atoms with E-state index >= 15 is 0 Å². The molecule has 2 aromatic rings. The number of aryl methyl sites for hydroxylation is 1. The van der Waals surface area contributed by atoms with Gasteiger partial charge in [-0.25, -0.2) is 15.0 Å². The predicted octanol–water partition coefficient (Wildman–Crippen LogP) is 1.10. The molecule has 72 valence electrons. The summed E-state index contributed by atoms with van der Waals surface area (Å²) in [6, 6.07) is 0. The van der Waals surface area contributed by atoms with Gasteiger partial charge in [0.25, 0.3) is 0 Å². The number of aromatic nitrogens is 3. The van der Waals surface area contributed by atoms with Crippen molar-refractivity contribution in [3.8, 4) is 0 Å². The molecule has 1 N–H and O–H groups in total. The highest BCUT2D eigenvalue weighted by Gasteiger charge is 2.06. The number of aliphatic carboxylic acids is 1. The van der Waals surface area contributed by atoms with E-state index in [1.165, 1.54) is 17.7 Å². The molecule has 0 amide bonds. The van der Waals surface area contributed by atoms with E-state index in [1.54, 1.807) is 6.20 Å². The first kappa shape index (κ1) is 9.01. The Labute approximate surface area is 83.5 Å². The van der Waals surface area contributed by atoms with Crippen LogP contribution in [0.1, 0.15) is 11.4 Å². The average Bonchev–Trinajstić information content (AvgIpc) is 2.57. The minimum atomic E-state index is -0.810. The van der Waals surface area contributed by atoms with Gasteiger partial charge < -0.3 is 5.11 Å². The fourth-order valence-corrected chi connectivity index (χ4v) is 1.93. The molecule has 0 radical (unpaired) electrons. The lowest BCUT2D eigenvalue weighted by atomic mass is 10.3. The van der Waals surface area contributed by atoms with Crippen molar-refractivity contribution >= 4 is 27.7 Å². The molecule has 0 aliphatic heterocycles. The summed E-state index contributed by atoms with van der Waals surface area (Å²) in [5.74, 6) is -0.810. The van der Waals surface area contributed by atoms with Crippen LogP contribution in [0.4, 0.5) is 0 Å². The first-order chi connectivity index (χ1) is 6.75. The molecular weight excluding hydrogens is 202 g/mol. The lowest BCUT2D eigenvalue weighted by Crippen LogP contribution is -1.96. The van der Waals surface area contributed by atoms with Crippen molar-refractivity contribution in [3.05, 3.63) is 17.5 Å². The highest BCUT2D eigenvalue weighted by atomic mass is 32.1. The van der Waals surface area contributed by atoms with Crippen molar-refractivity contribution in [2.45, 2.75) is 12.8 Å². The first-order valence-electron chi connectivity index (χ1n) is 4.03. The highest BCUT2D eigenvalue weighted by molar-refractivity contribution is 7.18. The van der Waals surface area contributed by atoms with Crippen LogP contribution in [0, 0.1) is 0 Å². The van der Waals surface area contributed by atoms with Gasteiger partial charge >= 0.3 is 5.97 Å². The molecule has 6 heteroatoms. The highest BCUT2D eigenvalue weighted by Crippen LogP contribution is 2.19. The van der Waals surface area contributed by atoms with E-state index in [0.29, 0.717) is 6.42 Å². The summed E-state index contributed by atoms with van der Waals surface area (Å²) in [4.78, 5) is 23.2. The van der Waals surface area contributed by atoms with Crippen molar-refractivity contribution in [1.82, 2.24) is 15.0 Å². The SMILES string of the molecule is O=C(O)CCc1nc2cncnc2s1. The van der Waals surface area contributed by atoms with Gasteiger partial charge in [0.05, 0.1) is 17.6 Å². The molecule has 0 spiro atoms. The zero-order chi connectivity index (χ0) is 9.97. The van der Waals surface area contributed by atoms with Gasteiger partial charge in [-0.05, 0) is 0 Å². The Kier molecular flexibility index (Phi) is 2.36. The van der Waals surface area contributed by atoms with Gasteiger partial charge in [-0.15, -0.1) is 0 Å². The summed E-state index contributed by atoms with van der Waals surface area (Å²) in [5.41, 5.74) is 0.734. The van der Waals surface area contributed by atoms with Crippen LogP contribution in [0.25, 0.3) is 10.3 Å². The van der Waals surface area contributed by atoms with Gasteiger partial charge in [0.1, 0.15) is 16.7 Å². The molecule has 2 heterocycles. The maximum Gasteiger partial charge on any atom is 0.303 e. The maximum atomic E-state index is 10.3. The molecule has 14 heavy (non-hydrogen) atoms. The number of rotatable bonds is 3. The number of hydrogen-bond donors (Lipinski definition) is 1. The standard InChI is InChI=1S/C8H7N3O2S/c12-7(13)2-1-6-11-5-3-9-4-10-8(5)14-6/h3-4H,1-2H2,(H,12,13). The van der Waals surface area contributed by atoms with Crippen molar-refractivity contribution < 1.29 is 9.90 Å². The van der Waals surface area contributed by atoms with Gasteiger partial charge in [-0.2, -0.15) is 0 Å². The number of carboxylic acid groups (broad SMARTS) is 1. The van der Waals surface area contributed by atoms with Crippen molar-refractivity contribution in [2.75, 3.05) is 0 Å². The Hall–Kier alpha value is -1.56. The van der Waals surface area contributed by atoms with Gasteiger partial charge in [0.15, 0.2) is 0 Å². The van der Waals surface area contributed by atoms with Crippen molar-refractivity contribution in [1.29, 1.82) is 0 Å². The number of carbonyl (C=O) groups is 1. The minimum absolute atomic E-state index is 0.104. The second-order valence-corrected chi connectivity index (χ2v) is 3.78. The number of fused-ring (bicyclic) bond motifs is 1. The molecule has 0 aromatic carbocycles. The summed E-state index contributed by atoms with van der Waals surface area (Å²) in [6.07, 6.45) is 3.65. The Morgan fingerprint density at radius 1 is 1.57 bits per heavy atom. The van der Waals surface area contributed by atoms with Gasteiger partial charge in [-0.1, -0.05) is 11.3 Å². The molecule has 0 saturated heterocycles. The number of nitrogens with zero attached hydrogens (tertiary/aromatic N) is 3. The van der Waals surface area contributed by atoms with Crippen LogP contribution in [0.15, 0.2) is 12.5 Å². The molecule has 0 atom stereocenters. The normalized spacial score (nSPS) is 10.6. The zero-order valence-corrected chi connectivity index (χ0v) is 7.99. The Morgan fingerprint density at radius 3 is 3.14 bits per heavy atom. The van der Waals surface area contributed by atoms with Crippen LogP contribution in [-0.4, -0.2) is 26.0 Å². The maximum absolute atomic E-state index is 10.3. The molecule has 0 aliphatic carbocycles. The summed E-state index contributed by atoms with van der Waals surface area (Å²) < 4.78 is 0. The van der Waals surface area contributed by atoms with E-state index in [2.05, 4.69) is 15.0 Å². The Morgan fingerprint density at radius 2 is 2.43 bits per heavy atom. The van der Waals surface area contributed by atoms with E-state index in [-0.39, 0.29) is 6.42 Å². The molecular formula is C8H7N3O2S. The molecule has 0 bridgehead atoms. The number of thiazole rings is 1. The summed E-state index contributed by atoms with van der Waals surface area (Å²) >= 11 is 1.41. The first-order valence-corrected chi connectivity index (χ1v) is 4.84. The average molecular weight is 209 g/mol. The summed E-state index contributed by atoms with van der Waals surface area (Å²) in [5, 5.41) is 9.29. The molecule has 5 nitrogen and oxygen atoms in total. The zero-order valence-electron chi connectivity index (χ0n) is 7.17. The van der Waals surface area contributed by atoms with Crippen LogP contribution in [0.2, 0.25) is 0 Å². The molecule has 0 unspecified atom stereocenters.